The lowest BCUT2D eigenvalue weighted by Gasteiger charge is -2.18. The topological polar surface area (TPSA) is 78.9 Å². The second kappa shape index (κ2) is 56.2. The smallest absolute Gasteiger partial charge is 0.306 e. The predicted octanol–water partition coefficient (Wildman–Crippen LogP) is 19.2. The molecule has 0 N–H and O–H groups in total. The Hall–Kier alpha value is -3.41. The monoisotopic (exact) mass is 947 g/mol. The Kier molecular flexibility index (Phi) is 53.4. The van der Waals surface area contributed by atoms with Crippen molar-refractivity contribution in [2.24, 2.45) is 0 Å². The lowest BCUT2D eigenvalue weighted by molar-refractivity contribution is -0.167. The van der Waals surface area contributed by atoms with Gasteiger partial charge >= 0.3 is 17.9 Å². The van der Waals surface area contributed by atoms with E-state index in [0.717, 1.165) is 122 Å². The first-order valence-electron chi connectivity index (χ1n) is 28.6. The first-order valence-corrected chi connectivity index (χ1v) is 28.6. The second-order valence-electron chi connectivity index (χ2n) is 18.8. The van der Waals surface area contributed by atoms with E-state index in [4.69, 9.17) is 14.2 Å². The van der Waals surface area contributed by atoms with Crippen LogP contribution in [0.3, 0.4) is 0 Å². The molecule has 0 aliphatic rings. The molecule has 0 aromatic heterocycles. The van der Waals surface area contributed by atoms with Crippen LogP contribution in [0.25, 0.3) is 0 Å². The summed E-state index contributed by atoms with van der Waals surface area (Å²) in [4.78, 5) is 38.1. The van der Waals surface area contributed by atoms with Gasteiger partial charge in [0, 0.05) is 19.3 Å². The van der Waals surface area contributed by atoms with Gasteiger partial charge in [0.15, 0.2) is 6.10 Å². The lowest BCUT2D eigenvalue weighted by Crippen LogP contribution is -2.30. The quantitative estimate of drug-likeness (QED) is 0.0262. The van der Waals surface area contributed by atoms with Gasteiger partial charge in [-0.3, -0.25) is 14.4 Å². The minimum Gasteiger partial charge on any atom is -0.462 e. The molecular formula is C62H106O6. The number of allylic oxidation sites excluding steroid dienone is 14. The Morgan fingerprint density at radius 3 is 0.912 bits per heavy atom. The molecule has 0 radical (unpaired) electrons. The van der Waals surface area contributed by atoms with Gasteiger partial charge in [-0.25, -0.2) is 0 Å². The number of unbranched alkanes of at least 4 members (excludes halogenated alkanes) is 26. The highest BCUT2D eigenvalue weighted by Gasteiger charge is 2.19. The van der Waals surface area contributed by atoms with Crippen LogP contribution in [-0.4, -0.2) is 37.2 Å². The third-order valence-electron chi connectivity index (χ3n) is 12.1. The number of carbonyl (C=O) groups excluding carboxylic acids is 3. The van der Waals surface area contributed by atoms with Crippen molar-refractivity contribution in [2.45, 2.75) is 277 Å². The van der Waals surface area contributed by atoms with Crippen molar-refractivity contribution in [2.75, 3.05) is 13.2 Å². The zero-order valence-electron chi connectivity index (χ0n) is 44.6. The van der Waals surface area contributed by atoms with E-state index in [1.54, 1.807) is 0 Å². The highest BCUT2D eigenvalue weighted by molar-refractivity contribution is 5.71. The maximum atomic E-state index is 12.9. The van der Waals surface area contributed by atoms with Gasteiger partial charge in [-0.15, -0.1) is 0 Å². The van der Waals surface area contributed by atoms with E-state index in [2.05, 4.69) is 106 Å². The van der Waals surface area contributed by atoms with Gasteiger partial charge in [0.1, 0.15) is 13.2 Å². The summed E-state index contributed by atoms with van der Waals surface area (Å²) in [6.45, 7) is 6.51. The molecule has 68 heavy (non-hydrogen) atoms. The van der Waals surface area contributed by atoms with Crippen LogP contribution in [0.4, 0.5) is 0 Å². The van der Waals surface area contributed by atoms with Gasteiger partial charge in [-0.05, 0) is 116 Å². The van der Waals surface area contributed by atoms with Gasteiger partial charge in [0.25, 0.3) is 0 Å². The van der Waals surface area contributed by atoms with Crippen LogP contribution in [0.15, 0.2) is 85.1 Å². The number of esters is 3. The minimum atomic E-state index is -0.793. The van der Waals surface area contributed by atoms with Crippen molar-refractivity contribution in [1.82, 2.24) is 0 Å². The average molecular weight is 948 g/mol. The largest absolute Gasteiger partial charge is 0.462 e. The SMILES string of the molecule is CCC/C=C\C/C=C\CCCCCCCC(=O)OCC(COC(=O)CCCCCCCC/C=C\C/C=C\C/C=C\CCCCC)OC(=O)CCCCCCCCC/C=C\C/C=C\CCCCCC. The third-order valence-corrected chi connectivity index (χ3v) is 12.1. The van der Waals surface area contributed by atoms with Crippen LogP contribution in [0.5, 0.6) is 0 Å². The van der Waals surface area contributed by atoms with Crippen LogP contribution in [0.2, 0.25) is 0 Å². The first kappa shape index (κ1) is 64.6. The van der Waals surface area contributed by atoms with Crippen LogP contribution >= 0.6 is 0 Å². The Balaban J connectivity index is 4.42. The van der Waals surface area contributed by atoms with E-state index >= 15 is 0 Å². The van der Waals surface area contributed by atoms with E-state index in [-0.39, 0.29) is 31.1 Å². The Morgan fingerprint density at radius 2 is 0.559 bits per heavy atom. The fraction of sp³-hybridized carbons (Fsp3) is 0.726. The molecule has 0 fully saturated rings. The van der Waals surface area contributed by atoms with Gasteiger partial charge in [0.05, 0.1) is 0 Å². The standard InChI is InChI=1S/C62H106O6/c1-4-7-10-13-16-19-22-25-27-29-31-33-34-37-40-43-46-49-52-55-61(64)67-58-59(57-66-60(63)54-51-48-45-42-39-36-24-21-18-15-12-9-6-3)68-62(65)56-53-50-47-44-41-38-35-32-30-28-26-23-20-17-14-11-8-5-2/h12,15-16,19-21,23-25,27-28,30-31,33,59H,4-11,13-14,17-18,22,26,29,32,34-58H2,1-3H3/b15-12-,19-16-,23-20-,24-21-,27-25-,30-28-,33-31-. The molecule has 0 aromatic rings. The molecule has 0 aromatic carbocycles. The van der Waals surface area contributed by atoms with E-state index in [0.29, 0.717) is 19.3 Å². The number of ether oxygens (including phenoxy) is 3. The van der Waals surface area contributed by atoms with Crippen LogP contribution in [-0.2, 0) is 28.6 Å². The highest BCUT2D eigenvalue weighted by atomic mass is 16.6. The van der Waals surface area contributed by atoms with Gasteiger partial charge in [-0.1, -0.05) is 221 Å². The molecule has 0 aliphatic heterocycles. The van der Waals surface area contributed by atoms with Crippen LogP contribution < -0.4 is 0 Å². The van der Waals surface area contributed by atoms with E-state index in [9.17, 15) is 14.4 Å². The van der Waals surface area contributed by atoms with Crippen LogP contribution in [0.1, 0.15) is 271 Å². The van der Waals surface area contributed by atoms with E-state index in [1.165, 1.54) is 109 Å². The summed E-state index contributed by atoms with van der Waals surface area (Å²) >= 11 is 0. The Bertz CT molecular complexity index is 1320. The summed E-state index contributed by atoms with van der Waals surface area (Å²) in [6.07, 6.45) is 72.8. The van der Waals surface area contributed by atoms with Crippen LogP contribution in [0, 0.1) is 0 Å². The molecule has 0 heterocycles. The molecule has 0 spiro atoms. The fourth-order valence-electron chi connectivity index (χ4n) is 7.75. The van der Waals surface area contributed by atoms with Crippen molar-refractivity contribution in [3.63, 3.8) is 0 Å². The summed E-state index contributed by atoms with van der Waals surface area (Å²) in [5.41, 5.74) is 0. The first-order chi connectivity index (χ1) is 33.5. The summed E-state index contributed by atoms with van der Waals surface area (Å²) < 4.78 is 16.8. The molecule has 0 rings (SSSR count). The van der Waals surface area contributed by atoms with Crippen molar-refractivity contribution < 1.29 is 28.6 Å². The average Bonchev–Trinajstić information content (AvgIpc) is 3.34. The summed E-state index contributed by atoms with van der Waals surface area (Å²) in [5, 5.41) is 0. The molecule has 0 bridgehead atoms. The molecule has 0 saturated heterocycles. The zero-order chi connectivity index (χ0) is 49.3. The summed E-state index contributed by atoms with van der Waals surface area (Å²) in [5.74, 6) is -0.921. The Labute approximate surface area is 420 Å². The maximum Gasteiger partial charge on any atom is 0.306 e. The fourth-order valence-corrected chi connectivity index (χ4v) is 7.75. The molecular weight excluding hydrogens is 841 g/mol. The molecule has 1 atom stereocenters. The minimum absolute atomic E-state index is 0.0914. The number of hydrogen-bond acceptors (Lipinski definition) is 6. The van der Waals surface area contributed by atoms with Crippen molar-refractivity contribution in [3.05, 3.63) is 85.1 Å². The summed E-state index contributed by atoms with van der Waals surface area (Å²) in [6, 6.07) is 0. The van der Waals surface area contributed by atoms with Crippen molar-refractivity contribution in [1.29, 1.82) is 0 Å². The summed E-state index contributed by atoms with van der Waals surface area (Å²) in [7, 11) is 0. The molecule has 0 amide bonds. The molecule has 1 unspecified atom stereocenters. The maximum absolute atomic E-state index is 12.9. The van der Waals surface area contributed by atoms with E-state index in [1.807, 2.05) is 0 Å². The molecule has 6 heteroatoms. The normalized spacial score (nSPS) is 12.7. The predicted molar refractivity (Wildman–Crippen MR) is 293 cm³/mol. The second-order valence-corrected chi connectivity index (χ2v) is 18.8. The third kappa shape index (κ3) is 53.5. The number of carbonyl (C=O) groups is 3. The van der Waals surface area contributed by atoms with Crippen molar-refractivity contribution >= 4 is 17.9 Å². The van der Waals surface area contributed by atoms with Crippen molar-refractivity contribution in [3.8, 4) is 0 Å². The van der Waals surface area contributed by atoms with Gasteiger partial charge in [-0.2, -0.15) is 0 Å². The molecule has 390 valence electrons. The zero-order valence-corrected chi connectivity index (χ0v) is 44.6. The van der Waals surface area contributed by atoms with Gasteiger partial charge in [0.2, 0.25) is 0 Å². The lowest BCUT2D eigenvalue weighted by atomic mass is 10.1. The van der Waals surface area contributed by atoms with E-state index < -0.39 is 6.10 Å². The molecule has 0 aliphatic carbocycles. The number of rotatable bonds is 51. The highest BCUT2D eigenvalue weighted by Crippen LogP contribution is 2.14. The molecule has 6 nitrogen and oxygen atoms in total. The molecule has 0 saturated carbocycles. The van der Waals surface area contributed by atoms with Gasteiger partial charge < -0.3 is 14.2 Å². The number of hydrogen-bond donors (Lipinski definition) is 0. The Morgan fingerprint density at radius 1 is 0.294 bits per heavy atom.